The van der Waals surface area contributed by atoms with Crippen molar-refractivity contribution in [3.63, 3.8) is 0 Å². The minimum Gasteiger partial charge on any atom is -0.387 e. The molecule has 2 aromatic rings. The summed E-state index contributed by atoms with van der Waals surface area (Å²) in [6, 6.07) is 16.2. The molecule has 0 aliphatic heterocycles. The Kier molecular flexibility index (Phi) is 5.19. The first-order chi connectivity index (χ1) is 10.4. The fraction of sp³-hybridized carbons (Fsp3) is 0.235. The normalized spacial score (nSPS) is 15.0. The van der Waals surface area contributed by atoms with Crippen molar-refractivity contribution in [2.75, 3.05) is 6.54 Å². The third kappa shape index (κ3) is 3.65. The molecule has 2 unspecified atom stereocenters. The highest BCUT2D eigenvalue weighted by Crippen LogP contribution is 2.24. The van der Waals surface area contributed by atoms with Crippen LogP contribution in [0.25, 0.3) is 0 Å². The number of carbonyl (C=O) groups excluding carboxylic acids is 1. The Bertz CT molecular complexity index is 648. The van der Waals surface area contributed by atoms with Crippen molar-refractivity contribution in [3.05, 3.63) is 70.7 Å². The van der Waals surface area contributed by atoms with Crippen LogP contribution >= 0.6 is 11.6 Å². The first kappa shape index (κ1) is 16.5. The van der Waals surface area contributed by atoms with Gasteiger partial charge < -0.3 is 10.8 Å². The maximum Gasteiger partial charge on any atom is 0.242 e. The molecule has 0 fully saturated rings. The van der Waals surface area contributed by atoms with E-state index >= 15 is 0 Å². The molecular weight excluding hydrogens is 300 g/mol. The first-order valence-corrected chi connectivity index (χ1v) is 7.35. The number of amides is 1. The van der Waals surface area contributed by atoms with E-state index in [0.29, 0.717) is 10.6 Å². The Morgan fingerprint density at radius 2 is 1.95 bits per heavy atom. The topological polar surface area (TPSA) is 75.3 Å². The summed E-state index contributed by atoms with van der Waals surface area (Å²) in [5, 5.41) is 13.8. The maximum atomic E-state index is 11.9. The highest BCUT2D eigenvalue weighted by atomic mass is 35.5. The van der Waals surface area contributed by atoms with Gasteiger partial charge in [-0.3, -0.25) is 10.1 Å². The van der Waals surface area contributed by atoms with Gasteiger partial charge in [-0.1, -0.05) is 54.1 Å². The summed E-state index contributed by atoms with van der Waals surface area (Å²) in [5.41, 5.74) is 5.87. The largest absolute Gasteiger partial charge is 0.387 e. The summed E-state index contributed by atoms with van der Waals surface area (Å²) in [7, 11) is 0. The molecule has 0 heterocycles. The standard InChI is InChI=1S/C17H19ClN2O2/c1-17(16(19)22,13-8-5-9-14(18)10-13)20-11-15(21)12-6-3-2-4-7-12/h2-10,15,20-21H,11H2,1H3,(H2,19,22). The molecule has 0 spiro atoms. The molecule has 0 aliphatic carbocycles. The quantitative estimate of drug-likeness (QED) is 0.765. The Balaban J connectivity index is 2.17. The second-order valence-electron chi connectivity index (χ2n) is 5.31. The number of aliphatic hydroxyl groups excluding tert-OH is 1. The third-order valence-corrected chi connectivity index (χ3v) is 3.96. The lowest BCUT2D eigenvalue weighted by Crippen LogP contribution is -2.51. The molecular formula is C17H19ClN2O2. The third-order valence-electron chi connectivity index (χ3n) is 3.73. The highest BCUT2D eigenvalue weighted by molar-refractivity contribution is 6.30. The second kappa shape index (κ2) is 6.92. The molecule has 2 rings (SSSR count). The SMILES string of the molecule is CC(NCC(O)c1ccccc1)(C(N)=O)c1cccc(Cl)c1. The van der Waals surface area contributed by atoms with Crippen molar-refractivity contribution in [2.24, 2.45) is 5.73 Å². The van der Waals surface area contributed by atoms with Gasteiger partial charge in [-0.2, -0.15) is 0 Å². The van der Waals surface area contributed by atoms with Crippen LogP contribution in [0.5, 0.6) is 0 Å². The van der Waals surface area contributed by atoms with Crippen molar-refractivity contribution in [1.82, 2.24) is 5.32 Å². The highest BCUT2D eigenvalue weighted by Gasteiger charge is 2.33. The number of aliphatic hydroxyl groups is 1. The van der Waals surface area contributed by atoms with Crippen LogP contribution in [0, 0.1) is 0 Å². The van der Waals surface area contributed by atoms with Gasteiger partial charge in [0.05, 0.1) is 6.10 Å². The zero-order valence-corrected chi connectivity index (χ0v) is 13.0. The number of hydrogen-bond donors (Lipinski definition) is 3. The summed E-state index contributed by atoms with van der Waals surface area (Å²) in [6.07, 6.45) is -0.737. The predicted molar refractivity (Wildman–Crippen MR) is 87.4 cm³/mol. The van der Waals surface area contributed by atoms with Gasteiger partial charge in [0, 0.05) is 11.6 Å². The minimum atomic E-state index is -1.11. The summed E-state index contributed by atoms with van der Waals surface area (Å²) in [5.74, 6) is -0.532. The molecule has 1 amide bonds. The van der Waals surface area contributed by atoms with Gasteiger partial charge in [0.15, 0.2) is 0 Å². The molecule has 22 heavy (non-hydrogen) atoms. The van der Waals surface area contributed by atoms with E-state index < -0.39 is 17.6 Å². The van der Waals surface area contributed by atoms with Crippen molar-refractivity contribution < 1.29 is 9.90 Å². The van der Waals surface area contributed by atoms with E-state index in [1.807, 2.05) is 30.3 Å². The lowest BCUT2D eigenvalue weighted by molar-refractivity contribution is -0.124. The molecule has 0 aromatic heterocycles. The smallest absolute Gasteiger partial charge is 0.242 e. The van der Waals surface area contributed by atoms with Gasteiger partial charge in [-0.25, -0.2) is 0 Å². The summed E-state index contributed by atoms with van der Waals surface area (Å²) in [4.78, 5) is 11.9. The summed E-state index contributed by atoms with van der Waals surface area (Å²) < 4.78 is 0. The molecule has 2 aromatic carbocycles. The van der Waals surface area contributed by atoms with Crippen molar-refractivity contribution in [1.29, 1.82) is 0 Å². The van der Waals surface area contributed by atoms with Gasteiger partial charge in [0.2, 0.25) is 5.91 Å². The van der Waals surface area contributed by atoms with Crippen LogP contribution in [0.15, 0.2) is 54.6 Å². The van der Waals surface area contributed by atoms with Crippen LogP contribution in [0.3, 0.4) is 0 Å². The summed E-state index contributed by atoms with van der Waals surface area (Å²) in [6.45, 7) is 1.87. The van der Waals surface area contributed by atoms with E-state index in [-0.39, 0.29) is 6.54 Å². The first-order valence-electron chi connectivity index (χ1n) is 6.97. The average Bonchev–Trinajstić information content (AvgIpc) is 2.53. The maximum absolute atomic E-state index is 11.9. The molecule has 0 bridgehead atoms. The number of carbonyl (C=O) groups is 1. The zero-order chi connectivity index (χ0) is 16.2. The van der Waals surface area contributed by atoms with E-state index in [4.69, 9.17) is 17.3 Å². The Morgan fingerprint density at radius 3 is 2.55 bits per heavy atom. The van der Waals surface area contributed by atoms with Crippen molar-refractivity contribution in [2.45, 2.75) is 18.6 Å². The van der Waals surface area contributed by atoms with Crippen LogP contribution in [-0.4, -0.2) is 17.6 Å². The fourth-order valence-electron chi connectivity index (χ4n) is 2.22. The van der Waals surface area contributed by atoms with Crippen molar-refractivity contribution >= 4 is 17.5 Å². The predicted octanol–water partition coefficient (Wildman–Crippen LogP) is 2.36. The van der Waals surface area contributed by atoms with Crippen molar-refractivity contribution in [3.8, 4) is 0 Å². The Labute approximate surface area is 134 Å². The molecule has 2 atom stereocenters. The average molecular weight is 319 g/mol. The lowest BCUT2D eigenvalue weighted by atomic mass is 9.90. The Hall–Kier alpha value is -1.88. The second-order valence-corrected chi connectivity index (χ2v) is 5.74. The number of nitrogens with one attached hydrogen (secondary N) is 1. The van der Waals surface area contributed by atoms with Crippen LogP contribution in [0.2, 0.25) is 5.02 Å². The minimum absolute atomic E-state index is 0.190. The van der Waals surface area contributed by atoms with Gasteiger partial charge in [0.1, 0.15) is 5.54 Å². The molecule has 0 saturated heterocycles. The molecule has 116 valence electrons. The van der Waals surface area contributed by atoms with E-state index in [0.717, 1.165) is 5.56 Å². The van der Waals surface area contributed by atoms with E-state index in [1.54, 1.807) is 31.2 Å². The van der Waals surface area contributed by atoms with Gasteiger partial charge in [-0.05, 0) is 30.2 Å². The fourth-order valence-corrected chi connectivity index (χ4v) is 2.42. The Morgan fingerprint density at radius 1 is 1.27 bits per heavy atom. The number of rotatable bonds is 6. The van der Waals surface area contributed by atoms with Crippen LogP contribution in [0.1, 0.15) is 24.2 Å². The van der Waals surface area contributed by atoms with E-state index in [9.17, 15) is 9.90 Å². The number of primary amides is 1. The molecule has 0 radical (unpaired) electrons. The molecule has 5 heteroatoms. The molecule has 4 nitrogen and oxygen atoms in total. The monoisotopic (exact) mass is 318 g/mol. The lowest BCUT2D eigenvalue weighted by Gasteiger charge is -2.29. The number of benzene rings is 2. The number of hydrogen-bond acceptors (Lipinski definition) is 3. The van der Waals surface area contributed by atoms with Crippen LogP contribution in [0.4, 0.5) is 0 Å². The number of halogens is 1. The zero-order valence-electron chi connectivity index (χ0n) is 12.3. The van der Waals surface area contributed by atoms with Gasteiger partial charge in [0.25, 0.3) is 0 Å². The molecule has 4 N–H and O–H groups in total. The molecule has 0 aliphatic rings. The van der Waals surface area contributed by atoms with Gasteiger partial charge >= 0.3 is 0 Å². The number of nitrogens with two attached hydrogens (primary N) is 1. The van der Waals surface area contributed by atoms with E-state index in [2.05, 4.69) is 5.32 Å². The van der Waals surface area contributed by atoms with E-state index in [1.165, 1.54) is 0 Å². The van der Waals surface area contributed by atoms with Crippen LogP contribution < -0.4 is 11.1 Å². The van der Waals surface area contributed by atoms with Crippen LogP contribution in [-0.2, 0) is 10.3 Å². The molecule has 0 saturated carbocycles. The summed E-state index contributed by atoms with van der Waals surface area (Å²) >= 11 is 5.98. The van der Waals surface area contributed by atoms with Gasteiger partial charge in [-0.15, -0.1) is 0 Å².